The fourth-order valence-electron chi connectivity index (χ4n) is 2.34. The summed E-state index contributed by atoms with van der Waals surface area (Å²) < 4.78 is 0.968. The van der Waals surface area contributed by atoms with Gasteiger partial charge in [0.2, 0.25) is 11.8 Å². The van der Waals surface area contributed by atoms with E-state index in [1.165, 1.54) is 0 Å². The van der Waals surface area contributed by atoms with Crippen LogP contribution in [0, 0.1) is 18.3 Å². The lowest BCUT2D eigenvalue weighted by Crippen LogP contribution is -2.40. The molecule has 2 N–H and O–H groups in total. The number of aryl methyl sites for hydroxylation is 1. The molecule has 0 spiro atoms. The zero-order chi connectivity index (χ0) is 16.3. The second-order valence-corrected chi connectivity index (χ2v) is 7.35. The van der Waals surface area contributed by atoms with Crippen molar-refractivity contribution in [3.63, 3.8) is 0 Å². The van der Waals surface area contributed by atoms with E-state index in [2.05, 4.69) is 40.4 Å². The Labute approximate surface area is 140 Å². The molecule has 0 aromatic heterocycles. The van der Waals surface area contributed by atoms with Crippen molar-refractivity contribution in [1.82, 2.24) is 5.32 Å². The molecule has 0 radical (unpaired) electrons. The van der Waals surface area contributed by atoms with Gasteiger partial charge in [-0.3, -0.25) is 9.59 Å². The van der Waals surface area contributed by atoms with E-state index in [1.807, 2.05) is 25.1 Å². The maximum Gasteiger partial charge on any atom is 0.240 e. The van der Waals surface area contributed by atoms with Gasteiger partial charge in [-0.15, -0.1) is 0 Å². The van der Waals surface area contributed by atoms with Gasteiger partial charge >= 0.3 is 0 Å². The van der Waals surface area contributed by atoms with Crippen molar-refractivity contribution in [1.29, 1.82) is 0 Å². The summed E-state index contributed by atoms with van der Waals surface area (Å²) in [6.07, 6.45) is 2.18. The quantitative estimate of drug-likeness (QED) is 0.755. The van der Waals surface area contributed by atoms with Crippen LogP contribution in [0.1, 0.15) is 38.7 Å². The second kappa shape index (κ2) is 6.82. The van der Waals surface area contributed by atoms with Crippen molar-refractivity contribution < 1.29 is 9.59 Å². The first kappa shape index (κ1) is 17.0. The van der Waals surface area contributed by atoms with Crippen LogP contribution < -0.4 is 10.6 Å². The first-order valence-electron chi connectivity index (χ1n) is 7.71. The summed E-state index contributed by atoms with van der Waals surface area (Å²) in [6.45, 7) is 6.79. The molecule has 120 valence electrons. The van der Waals surface area contributed by atoms with Gasteiger partial charge in [0.05, 0.1) is 0 Å². The number of carbonyl (C=O) groups excluding carboxylic acids is 2. The average Bonchev–Trinajstić information content (AvgIpc) is 3.23. The van der Waals surface area contributed by atoms with Gasteiger partial charge in [-0.1, -0.05) is 29.8 Å². The van der Waals surface area contributed by atoms with Crippen LogP contribution in [0.2, 0.25) is 0 Å². The van der Waals surface area contributed by atoms with Crippen LogP contribution in [0.5, 0.6) is 0 Å². The van der Waals surface area contributed by atoms with Crippen LogP contribution in [0.25, 0.3) is 0 Å². The number of halogens is 1. The first-order valence-corrected chi connectivity index (χ1v) is 8.50. The zero-order valence-corrected chi connectivity index (χ0v) is 14.9. The van der Waals surface area contributed by atoms with E-state index in [0.717, 1.165) is 22.1 Å². The molecular formula is C17H23BrN2O2. The second-order valence-electron chi connectivity index (χ2n) is 6.43. The molecule has 1 aromatic carbocycles. The molecule has 0 saturated heterocycles. The molecule has 2 amide bonds. The Morgan fingerprint density at radius 3 is 2.50 bits per heavy atom. The Morgan fingerprint density at radius 1 is 1.27 bits per heavy atom. The van der Waals surface area contributed by atoms with Crippen LogP contribution in [-0.4, -0.2) is 18.4 Å². The maximum absolute atomic E-state index is 12.5. The van der Waals surface area contributed by atoms with Gasteiger partial charge in [0, 0.05) is 16.7 Å². The van der Waals surface area contributed by atoms with E-state index >= 15 is 0 Å². The van der Waals surface area contributed by atoms with Gasteiger partial charge < -0.3 is 10.6 Å². The monoisotopic (exact) mass is 366 g/mol. The van der Waals surface area contributed by atoms with Crippen LogP contribution >= 0.6 is 15.9 Å². The molecule has 0 atom stereocenters. The summed E-state index contributed by atoms with van der Waals surface area (Å²) >= 11 is 3.40. The molecule has 0 bridgehead atoms. The molecule has 0 heterocycles. The van der Waals surface area contributed by atoms with Gasteiger partial charge in [-0.2, -0.15) is 0 Å². The fourth-order valence-corrected chi connectivity index (χ4v) is 2.81. The molecule has 4 nitrogen and oxygen atoms in total. The van der Waals surface area contributed by atoms with Gasteiger partial charge in [-0.25, -0.2) is 0 Å². The van der Waals surface area contributed by atoms with Crippen LogP contribution in [0.15, 0.2) is 22.7 Å². The predicted molar refractivity (Wildman–Crippen MR) is 91.6 cm³/mol. The van der Waals surface area contributed by atoms with Gasteiger partial charge in [0.1, 0.15) is 5.41 Å². The number of benzene rings is 1. The van der Waals surface area contributed by atoms with Crippen LogP contribution in [0.4, 0.5) is 5.69 Å². The molecule has 1 saturated carbocycles. The molecule has 5 heteroatoms. The lowest BCUT2D eigenvalue weighted by Gasteiger charge is -2.17. The normalized spacial score (nSPS) is 15.5. The summed E-state index contributed by atoms with van der Waals surface area (Å²) in [5, 5.41) is 5.80. The lowest BCUT2D eigenvalue weighted by atomic mass is 10.0. The molecule has 1 fully saturated rings. The number of anilines is 1. The Hall–Kier alpha value is -1.36. The smallest absolute Gasteiger partial charge is 0.240 e. The highest BCUT2D eigenvalue weighted by Gasteiger charge is 2.56. The van der Waals surface area contributed by atoms with Crippen molar-refractivity contribution in [3.05, 3.63) is 28.2 Å². The third-order valence-electron chi connectivity index (χ3n) is 4.06. The molecule has 1 aromatic rings. The Kier molecular flexibility index (Phi) is 5.27. The molecule has 1 aliphatic carbocycles. The SMILES string of the molecule is Cc1cc(Br)ccc1NC(=O)C1(C(=O)NCCC(C)C)CC1. The fraction of sp³-hybridized carbons (Fsp3) is 0.529. The van der Waals surface area contributed by atoms with Crippen LogP contribution in [-0.2, 0) is 9.59 Å². The summed E-state index contributed by atoms with van der Waals surface area (Å²) in [6, 6.07) is 5.67. The molecule has 2 rings (SSSR count). The van der Waals surface area contributed by atoms with E-state index < -0.39 is 5.41 Å². The van der Waals surface area contributed by atoms with Gasteiger partial charge in [-0.05, 0) is 55.9 Å². The van der Waals surface area contributed by atoms with Crippen molar-refractivity contribution in [2.24, 2.45) is 11.3 Å². The summed E-state index contributed by atoms with van der Waals surface area (Å²) in [7, 11) is 0. The third kappa shape index (κ3) is 3.88. The minimum atomic E-state index is -0.865. The van der Waals surface area contributed by atoms with E-state index in [1.54, 1.807) is 0 Å². The first-order chi connectivity index (χ1) is 10.3. The highest BCUT2D eigenvalue weighted by molar-refractivity contribution is 9.10. The number of carbonyl (C=O) groups is 2. The highest BCUT2D eigenvalue weighted by Crippen LogP contribution is 2.47. The number of hydrogen-bond acceptors (Lipinski definition) is 2. The number of rotatable bonds is 6. The van der Waals surface area contributed by atoms with Gasteiger partial charge in [0.15, 0.2) is 0 Å². The molecular weight excluding hydrogens is 344 g/mol. The van der Waals surface area contributed by atoms with E-state index in [4.69, 9.17) is 0 Å². The van der Waals surface area contributed by atoms with E-state index in [9.17, 15) is 9.59 Å². The molecule has 0 aliphatic heterocycles. The largest absolute Gasteiger partial charge is 0.355 e. The summed E-state index contributed by atoms with van der Waals surface area (Å²) in [4.78, 5) is 24.8. The minimum Gasteiger partial charge on any atom is -0.355 e. The maximum atomic E-state index is 12.5. The summed E-state index contributed by atoms with van der Waals surface area (Å²) in [5.41, 5.74) is 0.865. The average molecular weight is 367 g/mol. The highest BCUT2D eigenvalue weighted by atomic mass is 79.9. The Morgan fingerprint density at radius 2 is 1.95 bits per heavy atom. The molecule has 1 aliphatic rings. The van der Waals surface area contributed by atoms with Crippen molar-refractivity contribution in [3.8, 4) is 0 Å². The molecule has 22 heavy (non-hydrogen) atoms. The Balaban J connectivity index is 1.97. The van der Waals surface area contributed by atoms with Crippen molar-refractivity contribution in [2.75, 3.05) is 11.9 Å². The number of nitrogens with one attached hydrogen (secondary N) is 2. The topological polar surface area (TPSA) is 58.2 Å². The standard InChI is InChI=1S/C17H23BrN2O2/c1-11(2)6-9-19-15(21)17(7-8-17)16(22)20-14-5-4-13(18)10-12(14)3/h4-5,10-11H,6-9H2,1-3H3,(H,19,21)(H,20,22). The summed E-state index contributed by atoms with van der Waals surface area (Å²) in [5.74, 6) is 0.204. The lowest BCUT2D eigenvalue weighted by molar-refractivity contribution is -0.134. The van der Waals surface area contributed by atoms with Gasteiger partial charge in [0.25, 0.3) is 0 Å². The predicted octanol–water partition coefficient (Wildman–Crippen LogP) is 3.64. The number of hydrogen-bond donors (Lipinski definition) is 2. The van der Waals surface area contributed by atoms with E-state index in [-0.39, 0.29) is 11.8 Å². The zero-order valence-electron chi connectivity index (χ0n) is 13.3. The van der Waals surface area contributed by atoms with Crippen molar-refractivity contribution >= 4 is 33.4 Å². The molecule has 0 unspecified atom stereocenters. The number of amides is 2. The Bertz CT molecular complexity index is 580. The van der Waals surface area contributed by atoms with Crippen LogP contribution in [0.3, 0.4) is 0 Å². The van der Waals surface area contributed by atoms with E-state index in [0.29, 0.717) is 25.3 Å². The minimum absolute atomic E-state index is 0.139. The van der Waals surface area contributed by atoms with Crippen molar-refractivity contribution in [2.45, 2.75) is 40.0 Å². The third-order valence-corrected chi connectivity index (χ3v) is 4.56.